The standard InChI is InChI=1S/C20H23N3O2S/c1-5-14(2)23-19(24)18(26-20(23)25)13-17-7-6-12-22(17)16-10-8-15(9-11-16)21(3)4/h6-14H,5H2,1-4H3/t14-/m0/s1. The summed E-state index contributed by atoms with van der Waals surface area (Å²) in [5.74, 6) is -0.204. The Morgan fingerprint density at radius 2 is 1.85 bits per heavy atom. The van der Waals surface area contributed by atoms with E-state index in [1.54, 1.807) is 6.08 Å². The molecule has 2 amide bonds. The summed E-state index contributed by atoms with van der Waals surface area (Å²) in [7, 11) is 4.01. The number of amides is 2. The molecule has 26 heavy (non-hydrogen) atoms. The average Bonchev–Trinajstić information content (AvgIpc) is 3.19. The van der Waals surface area contributed by atoms with Crippen LogP contribution in [0.1, 0.15) is 26.0 Å². The summed E-state index contributed by atoms with van der Waals surface area (Å²) < 4.78 is 2.01. The topological polar surface area (TPSA) is 45.6 Å². The molecule has 0 N–H and O–H groups in total. The lowest BCUT2D eigenvalue weighted by Crippen LogP contribution is -2.36. The number of hydrogen-bond acceptors (Lipinski definition) is 4. The molecule has 136 valence electrons. The highest BCUT2D eigenvalue weighted by atomic mass is 32.2. The molecule has 6 heteroatoms. The maximum atomic E-state index is 12.6. The molecule has 3 rings (SSSR count). The molecule has 0 spiro atoms. The number of rotatable bonds is 5. The summed E-state index contributed by atoms with van der Waals surface area (Å²) in [6, 6.07) is 12.0. The zero-order valence-corrected chi connectivity index (χ0v) is 16.3. The van der Waals surface area contributed by atoms with Crippen LogP contribution in [0.25, 0.3) is 11.8 Å². The highest BCUT2D eigenvalue weighted by Gasteiger charge is 2.37. The molecule has 0 aliphatic carbocycles. The fourth-order valence-corrected chi connectivity index (χ4v) is 3.75. The van der Waals surface area contributed by atoms with Gasteiger partial charge in [-0.25, -0.2) is 0 Å². The molecule has 1 aromatic heterocycles. The lowest BCUT2D eigenvalue weighted by molar-refractivity contribution is -0.124. The molecule has 1 aliphatic rings. The van der Waals surface area contributed by atoms with Gasteiger partial charge in [-0.2, -0.15) is 0 Å². The first-order valence-electron chi connectivity index (χ1n) is 8.64. The van der Waals surface area contributed by atoms with Crippen molar-refractivity contribution in [2.45, 2.75) is 26.3 Å². The van der Waals surface area contributed by atoms with Gasteiger partial charge in [0.25, 0.3) is 11.1 Å². The van der Waals surface area contributed by atoms with Crippen molar-refractivity contribution in [1.29, 1.82) is 0 Å². The molecular weight excluding hydrogens is 346 g/mol. The van der Waals surface area contributed by atoms with Gasteiger partial charge < -0.3 is 9.47 Å². The first-order chi connectivity index (χ1) is 12.4. The van der Waals surface area contributed by atoms with Gasteiger partial charge in [0.15, 0.2) is 0 Å². The van der Waals surface area contributed by atoms with Crippen molar-refractivity contribution in [2.24, 2.45) is 0 Å². The third-order valence-corrected chi connectivity index (χ3v) is 5.44. The normalized spacial score (nSPS) is 17.2. The quantitative estimate of drug-likeness (QED) is 0.734. The number of benzene rings is 1. The second-order valence-corrected chi connectivity index (χ2v) is 7.52. The molecule has 0 radical (unpaired) electrons. The van der Waals surface area contributed by atoms with Crippen molar-refractivity contribution in [3.05, 3.63) is 53.2 Å². The molecule has 2 heterocycles. The van der Waals surface area contributed by atoms with Crippen molar-refractivity contribution >= 4 is 34.7 Å². The van der Waals surface area contributed by atoms with Gasteiger partial charge in [0.2, 0.25) is 0 Å². The van der Waals surface area contributed by atoms with Gasteiger partial charge in [-0.15, -0.1) is 0 Å². The predicted octanol–water partition coefficient (Wildman–Crippen LogP) is 4.38. The minimum absolute atomic E-state index is 0.0845. The smallest absolute Gasteiger partial charge is 0.293 e. The van der Waals surface area contributed by atoms with Gasteiger partial charge in [-0.05, 0) is 67.6 Å². The molecule has 0 saturated carbocycles. The van der Waals surface area contributed by atoms with Gasteiger partial charge >= 0.3 is 0 Å². The van der Waals surface area contributed by atoms with Crippen molar-refractivity contribution in [2.75, 3.05) is 19.0 Å². The molecule has 1 atom stereocenters. The first kappa shape index (κ1) is 18.3. The lowest BCUT2D eigenvalue weighted by Gasteiger charge is -2.19. The number of aromatic nitrogens is 1. The van der Waals surface area contributed by atoms with Crippen LogP contribution in [0.3, 0.4) is 0 Å². The average molecular weight is 369 g/mol. The Morgan fingerprint density at radius 1 is 1.15 bits per heavy atom. The molecular formula is C20H23N3O2S. The zero-order chi connectivity index (χ0) is 18.8. The Balaban J connectivity index is 1.91. The number of thioether (sulfide) groups is 1. The van der Waals surface area contributed by atoms with E-state index >= 15 is 0 Å². The molecule has 0 unspecified atom stereocenters. The van der Waals surface area contributed by atoms with Crippen LogP contribution >= 0.6 is 11.8 Å². The van der Waals surface area contributed by atoms with Gasteiger partial charge in [0.05, 0.1) is 4.91 Å². The van der Waals surface area contributed by atoms with Crippen molar-refractivity contribution in [3.63, 3.8) is 0 Å². The second-order valence-electron chi connectivity index (χ2n) is 6.52. The molecule has 0 bridgehead atoms. The molecule has 2 aromatic rings. The molecule has 1 aliphatic heterocycles. The van der Waals surface area contributed by atoms with Crippen LogP contribution in [0.4, 0.5) is 10.5 Å². The molecule has 5 nitrogen and oxygen atoms in total. The van der Waals surface area contributed by atoms with Crippen LogP contribution in [-0.4, -0.2) is 40.8 Å². The van der Waals surface area contributed by atoms with E-state index in [0.29, 0.717) is 4.91 Å². The van der Waals surface area contributed by atoms with E-state index in [1.807, 2.05) is 67.9 Å². The summed E-state index contributed by atoms with van der Waals surface area (Å²) in [6.07, 6.45) is 4.50. The molecule has 1 saturated heterocycles. The van der Waals surface area contributed by atoms with Gasteiger partial charge in [0, 0.05) is 43.4 Å². The van der Waals surface area contributed by atoms with E-state index < -0.39 is 0 Å². The number of anilines is 1. The van der Waals surface area contributed by atoms with Gasteiger partial charge in [-0.1, -0.05) is 6.92 Å². The fraction of sp³-hybridized carbons (Fsp3) is 0.300. The Labute approximate surface area is 158 Å². The third kappa shape index (κ3) is 3.42. The number of imide groups is 1. The summed E-state index contributed by atoms with van der Waals surface area (Å²) in [5.41, 5.74) is 3.00. The van der Waals surface area contributed by atoms with Crippen LogP contribution in [-0.2, 0) is 4.79 Å². The van der Waals surface area contributed by atoms with E-state index in [2.05, 4.69) is 12.1 Å². The number of carbonyl (C=O) groups excluding carboxylic acids is 2. The monoisotopic (exact) mass is 369 g/mol. The summed E-state index contributed by atoms with van der Waals surface area (Å²) in [6.45, 7) is 3.87. The summed E-state index contributed by atoms with van der Waals surface area (Å²) in [5, 5.41) is -0.191. The fourth-order valence-electron chi connectivity index (χ4n) is 2.83. The van der Waals surface area contributed by atoms with Crippen LogP contribution in [0.15, 0.2) is 47.5 Å². The Bertz CT molecular complexity index is 852. The van der Waals surface area contributed by atoms with Crippen LogP contribution in [0.2, 0.25) is 0 Å². The van der Waals surface area contributed by atoms with Crippen LogP contribution in [0, 0.1) is 0 Å². The number of nitrogens with zero attached hydrogens (tertiary/aromatic N) is 3. The van der Waals surface area contributed by atoms with Gasteiger partial charge in [-0.3, -0.25) is 14.5 Å². The Kier molecular flexibility index (Phi) is 5.23. The second kappa shape index (κ2) is 7.41. The van der Waals surface area contributed by atoms with E-state index in [1.165, 1.54) is 4.90 Å². The Morgan fingerprint density at radius 3 is 2.46 bits per heavy atom. The number of carbonyl (C=O) groups is 2. The summed E-state index contributed by atoms with van der Waals surface area (Å²) >= 11 is 1.01. The lowest BCUT2D eigenvalue weighted by atomic mass is 10.2. The van der Waals surface area contributed by atoms with E-state index in [0.717, 1.165) is 35.3 Å². The maximum absolute atomic E-state index is 12.6. The van der Waals surface area contributed by atoms with Crippen LogP contribution in [0.5, 0.6) is 0 Å². The molecule has 1 aromatic carbocycles. The van der Waals surface area contributed by atoms with Gasteiger partial charge in [0.1, 0.15) is 0 Å². The predicted molar refractivity (Wildman–Crippen MR) is 108 cm³/mol. The van der Waals surface area contributed by atoms with E-state index in [-0.39, 0.29) is 17.2 Å². The maximum Gasteiger partial charge on any atom is 0.293 e. The highest BCUT2D eigenvalue weighted by Crippen LogP contribution is 2.34. The highest BCUT2D eigenvalue weighted by molar-refractivity contribution is 8.18. The van der Waals surface area contributed by atoms with Crippen molar-refractivity contribution in [1.82, 2.24) is 9.47 Å². The zero-order valence-electron chi connectivity index (χ0n) is 15.5. The third-order valence-electron chi connectivity index (χ3n) is 4.56. The van der Waals surface area contributed by atoms with Crippen LogP contribution < -0.4 is 4.90 Å². The minimum atomic E-state index is -0.204. The van der Waals surface area contributed by atoms with E-state index in [4.69, 9.17) is 0 Å². The molecule has 1 fully saturated rings. The first-order valence-corrected chi connectivity index (χ1v) is 9.46. The minimum Gasteiger partial charge on any atom is -0.378 e. The summed E-state index contributed by atoms with van der Waals surface area (Å²) in [4.78, 5) is 28.7. The van der Waals surface area contributed by atoms with Crippen molar-refractivity contribution < 1.29 is 9.59 Å². The SMILES string of the molecule is CC[C@H](C)N1C(=O)SC(=Cc2cccn2-c2ccc(N(C)C)cc2)C1=O. The van der Waals surface area contributed by atoms with Crippen molar-refractivity contribution in [3.8, 4) is 5.69 Å². The number of hydrogen-bond donors (Lipinski definition) is 0. The Hall–Kier alpha value is -2.47. The van der Waals surface area contributed by atoms with E-state index in [9.17, 15) is 9.59 Å². The largest absolute Gasteiger partial charge is 0.378 e.